The van der Waals surface area contributed by atoms with Crippen molar-refractivity contribution in [2.24, 2.45) is 11.8 Å². The molecular formula is C14H24O2. The minimum atomic E-state index is -0.684. The number of carboxylic acids is 1. The standard InChI is InChI=1S/C14H24O2/c1-3-4-5-6-7-8-9-12-11(2)13(12)10-14(15)16/h12-13H,2-10H2,1H3,(H,15,16)/t12-,13+/m0/s1. The highest BCUT2D eigenvalue weighted by Crippen LogP contribution is 2.49. The lowest BCUT2D eigenvalue weighted by Crippen LogP contribution is -1.97. The van der Waals surface area contributed by atoms with Gasteiger partial charge < -0.3 is 5.11 Å². The van der Waals surface area contributed by atoms with E-state index in [-0.39, 0.29) is 5.92 Å². The molecule has 0 heterocycles. The van der Waals surface area contributed by atoms with Gasteiger partial charge in [0.15, 0.2) is 0 Å². The molecule has 0 aliphatic heterocycles. The van der Waals surface area contributed by atoms with Crippen LogP contribution in [-0.2, 0) is 4.79 Å². The van der Waals surface area contributed by atoms with E-state index in [4.69, 9.17) is 5.11 Å². The number of hydrogen-bond acceptors (Lipinski definition) is 1. The van der Waals surface area contributed by atoms with Gasteiger partial charge in [-0.15, -0.1) is 0 Å². The third kappa shape index (κ3) is 4.38. The van der Waals surface area contributed by atoms with Crippen molar-refractivity contribution in [3.63, 3.8) is 0 Å². The number of rotatable bonds is 9. The van der Waals surface area contributed by atoms with E-state index in [9.17, 15) is 4.79 Å². The van der Waals surface area contributed by atoms with Crippen LogP contribution in [0.3, 0.4) is 0 Å². The van der Waals surface area contributed by atoms with E-state index in [0.29, 0.717) is 12.3 Å². The quantitative estimate of drug-likeness (QED) is 0.474. The van der Waals surface area contributed by atoms with Gasteiger partial charge in [-0.05, 0) is 18.3 Å². The Labute approximate surface area is 98.7 Å². The van der Waals surface area contributed by atoms with Crippen LogP contribution >= 0.6 is 0 Å². The number of carboxylic acid groups (broad SMARTS) is 1. The van der Waals surface area contributed by atoms with E-state index in [2.05, 4.69) is 13.5 Å². The number of allylic oxidation sites excluding steroid dienone is 1. The van der Waals surface area contributed by atoms with Gasteiger partial charge in [0, 0.05) is 0 Å². The topological polar surface area (TPSA) is 37.3 Å². The zero-order valence-electron chi connectivity index (χ0n) is 10.4. The van der Waals surface area contributed by atoms with E-state index in [1.54, 1.807) is 0 Å². The molecule has 0 aromatic heterocycles. The highest BCUT2D eigenvalue weighted by atomic mass is 16.4. The predicted molar refractivity (Wildman–Crippen MR) is 66.4 cm³/mol. The highest BCUT2D eigenvalue weighted by molar-refractivity contribution is 5.69. The van der Waals surface area contributed by atoms with Crippen molar-refractivity contribution >= 4 is 5.97 Å². The van der Waals surface area contributed by atoms with Crippen LogP contribution < -0.4 is 0 Å². The lowest BCUT2D eigenvalue weighted by molar-refractivity contribution is -0.137. The first-order valence-electron chi connectivity index (χ1n) is 6.57. The summed E-state index contributed by atoms with van der Waals surface area (Å²) in [4.78, 5) is 10.5. The molecule has 0 amide bonds. The van der Waals surface area contributed by atoms with Crippen molar-refractivity contribution in [1.82, 2.24) is 0 Å². The van der Waals surface area contributed by atoms with Gasteiger partial charge in [-0.25, -0.2) is 0 Å². The maximum absolute atomic E-state index is 10.5. The molecule has 0 aromatic rings. The van der Waals surface area contributed by atoms with Crippen molar-refractivity contribution in [3.8, 4) is 0 Å². The molecule has 2 heteroatoms. The molecule has 0 spiro atoms. The zero-order valence-corrected chi connectivity index (χ0v) is 10.4. The molecular weight excluding hydrogens is 200 g/mol. The van der Waals surface area contributed by atoms with Crippen LogP contribution in [0.1, 0.15) is 58.3 Å². The fourth-order valence-electron chi connectivity index (χ4n) is 2.44. The average molecular weight is 224 g/mol. The van der Waals surface area contributed by atoms with Crippen LogP contribution in [0, 0.1) is 11.8 Å². The maximum atomic E-state index is 10.5. The molecule has 1 rings (SSSR count). The Kier molecular flexibility index (Phi) is 5.58. The minimum Gasteiger partial charge on any atom is -0.481 e. The van der Waals surface area contributed by atoms with Gasteiger partial charge in [-0.2, -0.15) is 0 Å². The summed E-state index contributed by atoms with van der Waals surface area (Å²) in [6.45, 7) is 6.17. The summed E-state index contributed by atoms with van der Waals surface area (Å²) in [6, 6.07) is 0. The van der Waals surface area contributed by atoms with Gasteiger partial charge in [0.05, 0.1) is 6.42 Å². The minimum absolute atomic E-state index is 0.285. The van der Waals surface area contributed by atoms with E-state index in [1.165, 1.54) is 44.1 Å². The van der Waals surface area contributed by atoms with Crippen molar-refractivity contribution in [1.29, 1.82) is 0 Å². The highest BCUT2D eigenvalue weighted by Gasteiger charge is 2.42. The molecule has 1 fully saturated rings. The first-order chi connectivity index (χ1) is 7.66. The van der Waals surface area contributed by atoms with E-state index in [0.717, 1.165) is 6.42 Å². The van der Waals surface area contributed by atoms with Gasteiger partial charge in [-0.1, -0.05) is 57.6 Å². The molecule has 0 saturated heterocycles. The monoisotopic (exact) mass is 224 g/mol. The average Bonchev–Trinajstić information content (AvgIpc) is 2.82. The van der Waals surface area contributed by atoms with Crippen LogP contribution in [0.4, 0.5) is 0 Å². The first-order valence-corrected chi connectivity index (χ1v) is 6.57. The molecule has 0 aromatic carbocycles. The Morgan fingerprint density at radius 2 is 1.81 bits per heavy atom. The zero-order chi connectivity index (χ0) is 12.0. The van der Waals surface area contributed by atoms with Crippen molar-refractivity contribution in [2.45, 2.75) is 58.3 Å². The third-order valence-electron chi connectivity index (χ3n) is 3.59. The Balaban J connectivity index is 1.98. The largest absolute Gasteiger partial charge is 0.481 e. The second kappa shape index (κ2) is 6.72. The number of unbranched alkanes of at least 4 members (excludes halogenated alkanes) is 5. The molecule has 2 nitrogen and oxygen atoms in total. The summed E-state index contributed by atoms with van der Waals surface area (Å²) < 4.78 is 0. The molecule has 1 N–H and O–H groups in total. The number of aliphatic carboxylic acids is 1. The fourth-order valence-corrected chi connectivity index (χ4v) is 2.44. The van der Waals surface area contributed by atoms with Crippen LogP contribution in [0.25, 0.3) is 0 Å². The van der Waals surface area contributed by atoms with E-state index >= 15 is 0 Å². The molecule has 2 atom stereocenters. The van der Waals surface area contributed by atoms with Crippen LogP contribution in [0.15, 0.2) is 12.2 Å². The van der Waals surface area contributed by atoms with Gasteiger partial charge in [0.2, 0.25) is 0 Å². The molecule has 0 radical (unpaired) electrons. The molecule has 1 aliphatic carbocycles. The molecule has 0 unspecified atom stereocenters. The molecule has 0 bridgehead atoms. The molecule has 92 valence electrons. The summed E-state index contributed by atoms with van der Waals surface area (Å²) in [5.41, 5.74) is 1.18. The Bertz CT molecular complexity index is 245. The van der Waals surface area contributed by atoms with Crippen molar-refractivity contribution < 1.29 is 9.90 Å². The first kappa shape index (κ1) is 13.3. The lowest BCUT2D eigenvalue weighted by Gasteiger charge is -1.99. The summed E-state index contributed by atoms with van der Waals surface area (Å²) >= 11 is 0. The second-order valence-electron chi connectivity index (χ2n) is 4.94. The fraction of sp³-hybridized carbons (Fsp3) is 0.786. The van der Waals surface area contributed by atoms with Crippen molar-refractivity contribution in [3.05, 3.63) is 12.2 Å². The van der Waals surface area contributed by atoms with Gasteiger partial charge in [-0.3, -0.25) is 4.79 Å². The Hall–Kier alpha value is -0.790. The third-order valence-corrected chi connectivity index (χ3v) is 3.59. The summed E-state index contributed by atoms with van der Waals surface area (Å²) in [7, 11) is 0. The SMILES string of the molecule is C=C1[C@@H](CC(=O)O)[C@H]1CCCCCCCC. The van der Waals surface area contributed by atoms with Gasteiger partial charge in [0.1, 0.15) is 0 Å². The normalized spacial score (nSPS) is 23.4. The van der Waals surface area contributed by atoms with Gasteiger partial charge in [0.25, 0.3) is 0 Å². The summed E-state index contributed by atoms with van der Waals surface area (Å²) in [5, 5.41) is 8.69. The van der Waals surface area contributed by atoms with E-state index in [1.807, 2.05) is 0 Å². The summed E-state index contributed by atoms with van der Waals surface area (Å²) in [5.74, 6) is 0.118. The van der Waals surface area contributed by atoms with Crippen LogP contribution in [-0.4, -0.2) is 11.1 Å². The van der Waals surface area contributed by atoms with Gasteiger partial charge >= 0.3 is 5.97 Å². The van der Waals surface area contributed by atoms with Crippen molar-refractivity contribution in [2.75, 3.05) is 0 Å². The van der Waals surface area contributed by atoms with Crippen LogP contribution in [0.2, 0.25) is 0 Å². The Morgan fingerprint density at radius 1 is 1.19 bits per heavy atom. The molecule has 16 heavy (non-hydrogen) atoms. The number of carbonyl (C=O) groups is 1. The summed E-state index contributed by atoms with van der Waals surface area (Å²) in [6.07, 6.45) is 9.30. The predicted octanol–water partition coefficient (Wildman–Crippen LogP) is 4.01. The number of hydrogen-bond donors (Lipinski definition) is 1. The molecule has 1 aliphatic rings. The maximum Gasteiger partial charge on any atom is 0.303 e. The van der Waals surface area contributed by atoms with Crippen LogP contribution in [0.5, 0.6) is 0 Å². The smallest absolute Gasteiger partial charge is 0.303 e. The second-order valence-corrected chi connectivity index (χ2v) is 4.94. The Morgan fingerprint density at radius 3 is 2.44 bits per heavy atom. The molecule has 1 saturated carbocycles. The lowest BCUT2D eigenvalue weighted by atomic mass is 10.1. The van der Waals surface area contributed by atoms with E-state index < -0.39 is 5.97 Å².